The summed E-state index contributed by atoms with van der Waals surface area (Å²) in [6.07, 6.45) is -0.327. The van der Waals surface area contributed by atoms with E-state index in [0.29, 0.717) is 26.3 Å². The number of likely N-dealkylation sites (tertiary alicyclic amines) is 1. The average molecular weight is 367 g/mol. The van der Waals surface area contributed by atoms with Gasteiger partial charge in [0, 0.05) is 24.9 Å². The number of carbonyl (C=O) groups excluding carboxylic acids is 1. The predicted octanol–water partition coefficient (Wildman–Crippen LogP) is 2.97. The molecule has 1 aliphatic heterocycles. The molecule has 0 aromatic heterocycles. The van der Waals surface area contributed by atoms with Crippen LogP contribution in [0.4, 0.5) is 4.79 Å². The number of carboxylic acid groups (broad SMARTS) is 1. The van der Waals surface area contributed by atoms with Crippen LogP contribution in [0.3, 0.4) is 0 Å². The van der Waals surface area contributed by atoms with Crippen molar-refractivity contribution in [3.8, 4) is 11.1 Å². The van der Waals surface area contributed by atoms with Crippen LogP contribution in [0.25, 0.3) is 11.1 Å². The number of fused-ring (bicyclic) bond motifs is 3. The van der Waals surface area contributed by atoms with E-state index >= 15 is 0 Å². The van der Waals surface area contributed by atoms with Gasteiger partial charge in [0.1, 0.15) is 13.2 Å². The first-order valence-corrected chi connectivity index (χ1v) is 9.03. The molecule has 1 heterocycles. The third-order valence-electron chi connectivity index (χ3n) is 5.13. The lowest BCUT2D eigenvalue weighted by atomic mass is 9.98. The van der Waals surface area contributed by atoms with E-state index < -0.39 is 5.97 Å². The maximum Gasteiger partial charge on any atom is 0.409 e. The minimum Gasteiger partial charge on any atom is -0.480 e. The predicted molar refractivity (Wildman–Crippen MR) is 98.6 cm³/mol. The largest absolute Gasteiger partial charge is 0.480 e. The van der Waals surface area contributed by atoms with Crippen LogP contribution < -0.4 is 0 Å². The Morgan fingerprint density at radius 1 is 0.963 bits per heavy atom. The maximum atomic E-state index is 12.3. The smallest absolute Gasteiger partial charge is 0.409 e. The van der Waals surface area contributed by atoms with Crippen molar-refractivity contribution >= 4 is 12.1 Å². The first-order valence-electron chi connectivity index (χ1n) is 9.03. The molecule has 1 saturated heterocycles. The van der Waals surface area contributed by atoms with Gasteiger partial charge in [-0.15, -0.1) is 0 Å². The lowest BCUT2D eigenvalue weighted by Gasteiger charge is -2.38. The van der Waals surface area contributed by atoms with Gasteiger partial charge >= 0.3 is 12.1 Å². The zero-order valence-corrected chi connectivity index (χ0v) is 14.8. The van der Waals surface area contributed by atoms with E-state index in [2.05, 4.69) is 24.3 Å². The Morgan fingerprint density at radius 2 is 1.56 bits per heavy atom. The van der Waals surface area contributed by atoms with E-state index in [0.717, 1.165) is 0 Å². The molecule has 2 aromatic rings. The number of ether oxygens (including phenoxy) is 2. The van der Waals surface area contributed by atoms with Crippen LogP contribution in [0.1, 0.15) is 17.0 Å². The highest BCUT2D eigenvalue weighted by molar-refractivity contribution is 5.79. The first-order chi connectivity index (χ1) is 13.1. The molecule has 2 aromatic carbocycles. The summed E-state index contributed by atoms with van der Waals surface area (Å²) in [7, 11) is 0. The van der Waals surface area contributed by atoms with Gasteiger partial charge in [-0.3, -0.25) is 0 Å². The maximum absolute atomic E-state index is 12.3. The molecule has 0 spiro atoms. The van der Waals surface area contributed by atoms with Crippen LogP contribution in [-0.2, 0) is 14.3 Å². The molecule has 0 bridgehead atoms. The minimum absolute atomic E-state index is 0.0531. The lowest BCUT2D eigenvalue weighted by Crippen LogP contribution is -2.52. The Bertz CT molecular complexity index is 814. The van der Waals surface area contributed by atoms with Crippen molar-refractivity contribution in [1.29, 1.82) is 0 Å². The molecule has 1 fully saturated rings. The van der Waals surface area contributed by atoms with Crippen LogP contribution >= 0.6 is 0 Å². The second-order valence-corrected chi connectivity index (χ2v) is 6.98. The van der Waals surface area contributed by atoms with E-state index in [1.54, 1.807) is 4.90 Å². The summed E-state index contributed by atoms with van der Waals surface area (Å²) in [5.74, 6) is -0.759. The molecule has 6 nitrogen and oxygen atoms in total. The fourth-order valence-electron chi connectivity index (χ4n) is 3.82. The normalized spacial score (nSPS) is 15.8. The van der Waals surface area contributed by atoms with Crippen LogP contribution in [0.2, 0.25) is 0 Å². The highest BCUT2D eigenvalue weighted by atomic mass is 16.6. The lowest BCUT2D eigenvalue weighted by molar-refractivity contribution is -0.143. The second-order valence-electron chi connectivity index (χ2n) is 6.98. The summed E-state index contributed by atoms with van der Waals surface area (Å²) in [6.45, 7) is 1.43. The molecule has 0 radical (unpaired) electrons. The first kappa shape index (κ1) is 17.5. The molecule has 27 heavy (non-hydrogen) atoms. The molecule has 1 amide bonds. The number of hydrogen-bond donors (Lipinski definition) is 1. The van der Waals surface area contributed by atoms with Crippen LogP contribution in [0.15, 0.2) is 48.5 Å². The van der Waals surface area contributed by atoms with Gasteiger partial charge in [0.05, 0.1) is 6.61 Å². The molecular formula is C21H21NO5. The number of aliphatic carboxylic acids is 1. The Hall–Kier alpha value is -2.86. The number of nitrogens with zero attached hydrogens (tertiary/aromatic N) is 1. The Morgan fingerprint density at radius 3 is 2.15 bits per heavy atom. The zero-order chi connectivity index (χ0) is 18.8. The van der Waals surface area contributed by atoms with Crippen molar-refractivity contribution < 1.29 is 24.2 Å². The van der Waals surface area contributed by atoms with E-state index in [1.807, 2.05) is 24.3 Å². The summed E-state index contributed by atoms with van der Waals surface area (Å²) in [4.78, 5) is 24.4. The highest BCUT2D eigenvalue weighted by Gasteiger charge is 2.34. The molecule has 0 atom stereocenters. The van der Waals surface area contributed by atoms with Crippen molar-refractivity contribution in [2.75, 3.05) is 32.9 Å². The Labute approximate surface area is 157 Å². The van der Waals surface area contributed by atoms with Crippen LogP contribution in [0, 0.1) is 5.92 Å². The highest BCUT2D eigenvalue weighted by Crippen LogP contribution is 2.44. The number of hydrogen-bond acceptors (Lipinski definition) is 4. The van der Waals surface area contributed by atoms with Crippen molar-refractivity contribution in [3.63, 3.8) is 0 Å². The number of benzene rings is 2. The third kappa shape index (κ3) is 3.53. The number of carbonyl (C=O) groups is 2. The molecule has 1 aliphatic carbocycles. The topological polar surface area (TPSA) is 76.1 Å². The Balaban J connectivity index is 1.32. The van der Waals surface area contributed by atoms with Crippen molar-refractivity contribution in [3.05, 3.63) is 59.7 Å². The number of rotatable bonds is 6. The standard InChI is InChI=1S/C21H21NO5/c23-20(24)13-26-11-14-9-22(10-14)21(25)27-12-19-17-7-3-1-5-15(17)16-6-2-4-8-18(16)19/h1-8,14,19H,9-13H2,(H,23,24). The molecule has 0 saturated carbocycles. The molecule has 0 unspecified atom stereocenters. The second kappa shape index (κ2) is 7.40. The summed E-state index contributed by atoms with van der Waals surface area (Å²) in [5.41, 5.74) is 4.78. The van der Waals surface area contributed by atoms with Gasteiger partial charge in [0.25, 0.3) is 0 Å². The van der Waals surface area contributed by atoms with Crippen molar-refractivity contribution in [2.45, 2.75) is 5.92 Å². The molecule has 4 rings (SSSR count). The van der Waals surface area contributed by atoms with Gasteiger partial charge in [0.2, 0.25) is 0 Å². The summed E-state index contributed by atoms with van der Waals surface area (Å²) in [5, 5.41) is 8.56. The fraction of sp³-hybridized carbons (Fsp3) is 0.333. The molecule has 2 aliphatic rings. The number of amides is 1. The quantitative estimate of drug-likeness (QED) is 0.849. The Kier molecular flexibility index (Phi) is 4.81. The summed E-state index contributed by atoms with van der Waals surface area (Å²) < 4.78 is 10.7. The van der Waals surface area contributed by atoms with Gasteiger partial charge in [-0.2, -0.15) is 0 Å². The van der Waals surface area contributed by atoms with Crippen molar-refractivity contribution in [1.82, 2.24) is 4.90 Å². The zero-order valence-electron chi connectivity index (χ0n) is 14.8. The van der Waals surface area contributed by atoms with E-state index in [-0.39, 0.29) is 24.5 Å². The van der Waals surface area contributed by atoms with E-state index in [1.165, 1.54) is 22.3 Å². The van der Waals surface area contributed by atoms with E-state index in [4.69, 9.17) is 14.6 Å². The average Bonchev–Trinajstić information content (AvgIpc) is 2.95. The molecule has 1 N–H and O–H groups in total. The SMILES string of the molecule is O=C(O)COCC1CN(C(=O)OCC2c3ccccc3-c3ccccc32)C1. The fourth-order valence-corrected chi connectivity index (χ4v) is 3.82. The van der Waals surface area contributed by atoms with Gasteiger partial charge in [-0.25, -0.2) is 9.59 Å². The van der Waals surface area contributed by atoms with Gasteiger partial charge in [-0.1, -0.05) is 48.5 Å². The summed E-state index contributed by atoms with van der Waals surface area (Å²) >= 11 is 0. The molecule has 6 heteroatoms. The van der Waals surface area contributed by atoms with Crippen molar-refractivity contribution in [2.24, 2.45) is 5.92 Å². The minimum atomic E-state index is -0.984. The molecule has 140 valence electrons. The number of carboxylic acids is 1. The monoisotopic (exact) mass is 367 g/mol. The third-order valence-corrected chi connectivity index (χ3v) is 5.13. The van der Waals surface area contributed by atoms with Gasteiger partial charge in [-0.05, 0) is 22.3 Å². The van der Waals surface area contributed by atoms with Crippen LogP contribution in [-0.4, -0.2) is 55.0 Å². The van der Waals surface area contributed by atoms with Gasteiger partial charge in [0.15, 0.2) is 0 Å². The summed E-state index contributed by atoms with van der Waals surface area (Å²) in [6, 6.07) is 16.5. The van der Waals surface area contributed by atoms with Crippen LogP contribution in [0.5, 0.6) is 0 Å². The van der Waals surface area contributed by atoms with E-state index in [9.17, 15) is 9.59 Å². The molecular weight excluding hydrogens is 346 g/mol. The van der Waals surface area contributed by atoms with Gasteiger partial charge < -0.3 is 19.5 Å².